The van der Waals surface area contributed by atoms with Gasteiger partial charge in [0.2, 0.25) is 5.91 Å². The number of carbonyl (C=O) groups is 2. The van der Waals surface area contributed by atoms with Crippen LogP contribution in [0.3, 0.4) is 0 Å². The van der Waals surface area contributed by atoms with Crippen molar-refractivity contribution < 1.29 is 33.6 Å². The zero-order valence-electron chi connectivity index (χ0n) is 16.0. The van der Waals surface area contributed by atoms with E-state index in [4.69, 9.17) is 18.9 Å². The fourth-order valence-corrected chi connectivity index (χ4v) is 3.04. The van der Waals surface area contributed by atoms with Crippen molar-refractivity contribution in [1.82, 2.24) is 5.32 Å². The van der Waals surface area contributed by atoms with Crippen LogP contribution in [0.15, 0.2) is 30.3 Å². The van der Waals surface area contributed by atoms with Crippen LogP contribution in [0.4, 0.5) is 0 Å². The minimum Gasteiger partial charge on any atom is -0.479 e. The van der Waals surface area contributed by atoms with Gasteiger partial charge >= 0.3 is 5.97 Å². The Labute approximate surface area is 158 Å². The average molecular weight is 381 g/mol. The molecule has 0 saturated carbocycles. The first-order valence-electron chi connectivity index (χ1n) is 8.82. The van der Waals surface area contributed by atoms with Gasteiger partial charge < -0.3 is 29.4 Å². The second-order valence-electron chi connectivity index (χ2n) is 6.51. The van der Waals surface area contributed by atoms with E-state index in [1.54, 1.807) is 6.92 Å². The van der Waals surface area contributed by atoms with Crippen LogP contribution in [0, 0.1) is 0 Å². The Morgan fingerprint density at radius 3 is 2.48 bits per heavy atom. The Kier molecular flexibility index (Phi) is 7.73. The van der Waals surface area contributed by atoms with Crippen molar-refractivity contribution in [2.45, 2.75) is 64.1 Å². The molecule has 6 atom stereocenters. The third-order valence-electron chi connectivity index (χ3n) is 4.38. The topological polar surface area (TPSA) is 103 Å². The number of ether oxygens (including phenoxy) is 4. The highest BCUT2D eigenvalue weighted by Crippen LogP contribution is 2.28. The second-order valence-corrected chi connectivity index (χ2v) is 6.51. The van der Waals surface area contributed by atoms with Gasteiger partial charge in [0.25, 0.3) is 0 Å². The normalized spacial score (nSPS) is 29.1. The maximum atomic E-state index is 11.7. The molecule has 1 aromatic rings. The molecule has 1 aliphatic heterocycles. The van der Waals surface area contributed by atoms with Gasteiger partial charge in [0.05, 0.1) is 12.7 Å². The highest BCUT2D eigenvalue weighted by molar-refractivity contribution is 5.73. The zero-order valence-corrected chi connectivity index (χ0v) is 16.0. The molecule has 27 heavy (non-hydrogen) atoms. The quantitative estimate of drug-likeness (QED) is 0.700. The molecule has 8 heteroatoms. The van der Waals surface area contributed by atoms with Crippen molar-refractivity contribution in [2.75, 3.05) is 7.11 Å². The number of nitrogens with one attached hydrogen (secondary N) is 1. The number of carbonyl (C=O) groups excluding carboxylic acids is 1. The SMILES string of the molecule is COC1OC(C)C(OCc2ccccc2)C(O[C@H](C)C(=O)O)C1NC(C)=O. The molecule has 2 N–H and O–H groups in total. The summed E-state index contributed by atoms with van der Waals surface area (Å²) in [6, 6.07) is 8.85. The van der Waals surface area contributed by atoms with Gasteiger partial charge in [0.15, 0.2) is 12.4 Å². The second kappa shape index (κ2) is 9.80. The molecule has 0 aromatic heterocycles. The summed E-state index contributed by atoms with van der Waals surface area (Å²) >= 11 is 0. The van der Waals surface area contributed by atoms with E-state index in [0.717, 1.165) is 5.56 Å². The Morgan fingerprint density at radius 2 is 1.93 bits per heavy atom. The molecule has 0 aliphatic carbocycles. The number of hydrogen-bond acceptors (Lipinski definition) is 6. The molecule has 1 fully saturated rings. The average Bonchev–Trinajstić information content (AvgIpc) is 2.63. The molecule has 1 aromatic carbocycles. The Bertz CT molecular complexity index is 624. The number of carboxylic acids is 1. The molecule has 1 heterocycles. The number of carboxylic acid groups (broad SMARTS) is 1. The van der Waals surface area contributed by atoms with Crippen molar-refractivity contribution in [3.8, 4) is 0 Å². The molecule has 0 bridgehead atoms. The van der Waals surface area contributed by atoms with Crippen LogP contribution in [-0.4, -0.2) is 60.8 Å². The molecule has 5 unspecified atom stereocenters. The van der Waals surface area contributed by atoms with Crippen LogP contribution >= 0.6 is 0 Å². The molecule has 2 rings (SSSR count). The van der Waals surface area contributed by atoms with E-state index in [0.29, 0.717) is 6.61 Å². The number of aliphatic carboxylic acids is 1. The third kappa shape index (κ3) is 5.74. The van der Waals surface area contributed by atoms with Crippen LogP contribution in [-0.2, 0) is 35.1 Å². The predicted molar refractivity (Wildman–Crippen MR) is 95.9 cm³/mol. The van der Waals surface area contributed by atoms with E-state index in [9.17, 15) is 14.7 Å². The first kappa shape index (κ1) is 21.3. The number of rotatable bonds is 8. The zero-order chi connectivity index (χ0) is 20.0. The fourth-order valence-electron chi connectivity index (χ4n) is 3.04. The summed E-state index contributed by atoms with van der Waals surface area (Å²) < 4.78 is 23.0. The van der Waals surface area contributed by atoms with Crippen LogP contribution < -0.4 is 5.32 Å². The highest BCUT2D eigenvalue weighted by atomic mass is 16.7. The van der Waals surface area contributed by atoms with Crippen molar-refractivity contribution in [3.05, 3.63) is 35.9 Å². The molecule has 0 spiro atoms. The Morgan fingerprint density at radius 1 is 1.26 bits per heavy atom. The molecule has 150 valence electrons. The number of benzene rings is 1. The van der Waals surface area contributed by atoms with E-state index in [2.05, 4.69) is 5.32 Å². The Hall–Kier alpha value is -2.00. The maximum Gasteiger partial charge on any atom is 0.332 e. The van der Waals surface area contributed by atoms with E-state index in [1.807, 2.05) is 30.3 Å². The lowest BCUT2D eigenvalue weighted by molar-refractivity contribution is -0.275. The van der Waals surface area contributed by atoms with Gasteiger partial charge in [-0.3, -0.25) is 4.79 Å². The lowest BCUT2D eigenvalue weighted by atomic mass is 9.96. The van der Waals surface area contributed by atoms with Gasteiger partial charge in [-0.05, 0) is 19.4 Å². The first-order valence-corrected chi connectivity index (χ1v) is 8.82. The van der Waals surface area contributed by atoms with Crippen molar-refractivity contribution in [3.63, 3.8) is 0 Å². The molecule has 8 nitrogen and oxygen atoms in total. The molecule has 1 aliphatic rings. The van der Waals surface area contributed by atoms with Gasteiger partial charge in [-0.25, -0.2) is 4.79 Å². The summed E-state index contributed by atoms with van der Waals surface area (Å²) in [5.41, 5.74) is 0.958. The minimum atomic E-state index is -1.11. The summed E-state index contributed by atoms with van der Waals surface area (Å²) in [7, 11) is 1.45. The molecular weight excluding hydrogens is 354 g/mol. The number of hydrogen-bond donors (Lipinski definition) is 2. The fraction of sp³-hybridized carbons (Fsp3) is 0.579. The molecule has 1 saturated heterocycles. The summed E-state index contributed by atoms with van der Waals surface area (Å²) in [5, 5.41) is 12.0. The summed E-state index contributed by atoms with van der Waals surface area (Å²) in [4.78, 5) is 23.0. The lowest BCUT2D eigenvalue weighted by Gasteiger charge is -2.45. The molecule has 1 amide bonds. The predicted octanol–water partition coefficient (Wildman–Crippen LogP) is 1.33. The number of amides is 1. The van der Waals surface area contributed by atoms with Crippen LogP contribution in [0.2, 0.25) is 0 Å². The van der Waals surface area contributed by atoms with Crippen molar-refractivity contribution in [1.29, 1.82) is 0 Å². The summed E-state index contributed by atoms with van der Waals surface area (Å²) in [5.74, 6) is -1.41. The van der Waals surface area contributed by atoms with Gasteiger partial charge in [0.1, 0.15) is 18.2 Å². The van der Waals surface area contributed by atoms with Crippen molar-refractivity contribution in [2.24, 2.45) is 0 Å². The van der Waals surface area contributed by atoms with E-state index in [-0.39, 0.29) is 5.91 Å². The van der Waals surface area contributed by atoms with Crippen LogP contribution in [0.1, 0.15) is 26.3 Å². The third-order valence-corrected chi connectivity index (χ3v) is 4.38. The maximum absolute atomic E-state index is 11.7. The smallest absolute Gasteiger partial charge is 0.332 e. The first-order chi connectivity index (χ1) is 12.8. The van der Waals surface area contributed by atoms with Gasteiger partial charge in [-0.2, -0.15) is 0 Å². The Balaban J connectivity index is 2.24. The van der Waals surface area contributed by atoms with E-state index >= 15 is 0 Å². The van der Waals surface area contributed by atoms with Gasteiger partial charge in [0, 0.05) is 14.0 Å². The minimum absolute atomic E-state index is 0.297. The summed E-state index contributed by atoms with van der Waals surface area (Å²) in [6.07, 6.45) is -3.68. The standard InChI is InChI=1S/C19H27NO7/c1-11-16(25-10-14-8-6-5-7-9-14)17(26-12(2)18(22)23)15(20-13(3)21)19(24-4)27-11/h5-9,11-12,15-17,19H,10H2,1-4H3,(H,20,21)(H,22,23)/t11?,12-,15?,16?,17?,19?/m1/s1. The lowest BCUT2D eigenvalue weighted by Crippen LogP contribution is -2.65. The van der Waals surface area contributed by atoms with Crippen LogP contribution in [0.25, 0.3) is 0 Å². The van der Waals surface area contributed by atoms with E-state index in [1.165, 1.54) is 21.0 Å². The van der Waals surface area contributed by atoms with E-state index < -0.39 is 42.7 Å². The molecule has 0 radical (unpaired) electrons. The summed E-state index contributed by atoms with van der Waals surface area (Å²) in [6.45, 7) is 4.89. The van der Waals surface area contributed by atoms with Gasteiger partial charge in [-0.15, -0.1) is 0 Å². The largest absolute Gasteiger partial charge is 0.479 e. The monoisotopic (exact) mass is 381 g/mol. The van der Waals surface area contributed by atoms with Gasteiger partial charge in [-0.1, -0.05) is 30.3 Å². The number of methoxy groups -OCH3 is 1. The van der Waals surface area contributed by atoms with Crippen molar-refractivity contribution >= 4 is 11.9 Å². The van der Waals surface area contributed by atoms with Crippen LogP contribution in [0.5, 0.6) is 0 Å². The highest BCUT2D eigenvalue weighted by Gasteiger charge is 2.47. The molecular formula is C19H27NO7.